The summed E-state index contributed by atoms with van der Waals surface area (Å²) >= 11 is 0. The minimum atomic E-state index is -0.187. The fourth-order valence-corrected chi connectivity index (χ4v) is 1.43. The molecule has 0 radical (unpaired) electrons. The molecule has 0 aromatic heterocycles. The summed E-state index contributed by atoms with van der Waals surface area (Å²) in [6.45, 7) is 6.04. The fourth-order valence-electron chi connectivity index (χ4n) is 1.43. The third-order valence-corrected chi connectivity index (χ3v) is 2.19. The third-order valence-electron chi connectivity index (χ3n) is 2.19. The predicted octanol–water partition coefficient (Wildman–Crippen LogP) is 2.97. The Morgan fingerprint density at radius 1 is 1.18 bits per heavy atom. The summed E-state index contributed by atoms with van der Waals surface area (Å²) in [6, 6.07) is 7.81. The Hall–Kier alpha value is -1.51. The second-order valence-corrected chi connectivity index (χ2v) is 4.93. The zero-order valence-electron chi connectivity index (χ0n) is 10.9. The van der Waals surface area contributed by atoms with E-state index in [1.54, 1.807) is 0 Å². The Bertz CT molecular complexity index is 360. The molecule has 3 heteroatoms. The molecule has 17 heavy (non-hydrogen) atoms. The first-order chi connectivity index (χ1) is 7.90. The van der Waals surface area contributed by atoms with E-state index in [4.69, 9.17) is 4.74 Å². The number of rotatable bonds is 4. The van der Waals surface area contributed by atoms with Gasteiger partial charge in [-0.25, -0.2) is 0 Å². The van der Waals surface area contributed by atoms with Gasteiger partial charge < -0.3 is 9.47 Å². The molecule has 0 N–H and O–H groups in total. The lowest BCUT2D eigenvalue weighted by molar-refractivity contribution is -0.140. The van der Waals surface area contributed by atoms with E-state index in [1.807, 2.05) is 45.0 Å². The summed E-state index contributed by atoms with van der Waals surface area (Å²) in [5, 5.41) is 0. The second kappa shape index (κ2) is 5.71. The van der Waals surface area contributed by atoms with E-state index in [1.165, 1.54) is 7.11 Å². The number of hydrogen-bond acceptors (Lipinski definition) is 3. The van der Waals surface area contributed by atoms with Gasteiger partial charge in [0.25, 0.3) is 0 Å². The summed E-state index contributed by atoms with van der Waals surface area (Å²) < 4.78 is 10.3. The first kappa shape index (κ1) is 13.6. The van der Waals surface area contributed by atoms with E-state index in [2.05, 4.69) is 4.74 Å². The highest BCUT2D eigenvalue weighted by molar-refractivity contribution is 5.69. The molecule has 0 fully saturated rings. The Labute approximate surface area is 103 Å². The zero-order chi connectivity index (χ0) is 12.9. The number of carbonyl (C=O) groups is 1. The molecule has 0 saturated heterocycles. The standard InChI is InChI=1S/C14H20O3/c1-14(2,3)17-12-8-5-11(6-9-12)7-10-13(15)16-4/h5-6,8-9H,7,10H2,1-4H3. The van der Waals surface area contributed by atoms with Crippen LogP contribution in [0.5, 0.6) is 5.75 Å². The van der Waals surface area contributed by atoms with Crippen molar-refractivity contribution in [2.45, 2.75) is 39.2 Å². The highest BCUT2D eigenvalue weighted by Crippen LogP contribution is 2.19. The lowest BCUT2D eigenvalue weighted by Gasteiger charge is -2.21. The summed E-state index contributed by atoms with van der Waals surface area (Å²) in [7, 11) is 1.41. The lowest BCUT2D eigenvalue weighted by atomic mass is 10.1. The van der Waals surface area contributed by atoms with Crippen molar-refractivity contribution in [2.75, 3.05) is 7.11 Å². The lowest BCUT2D eigenvalue weighted by Crippen LogP contribution is -2.22. The molecule has 0 spiro atoms. The maximum Gasteiger partial charge on any atom is 0.305 e. The van der Waals surface area contributed by atoms with E-state index in [-0.39, 0.29) is 11.6 Å². The van der Waals surface area contributed by atoms with Gasteiger partial charge in [0.05, 0.1) is 7.11 Å². The van der Waals surface area contributed by atoms with Crippen molar-refractivity contribution in [3.63, 3.8) is 0 Å². The maximum atomic E-state index is 11.0. The van der Waals surface area contributed by atoms with Gasteiger partial charge in [-0.05, 0) is 44.9 Å². The number of esters is 1. The van der Waals surface area contributed by atoms with Crippen molar-refractivity contribution in [3.8, 4) is 5.75 Å². The van der Waals surface area contributed by atoms with Crippen molar-refractivity contribution in [1.29, 1.82) is 0 Å². The van der Waals surface area contributed by atoms with Gasteiger partial charge in [-0.15, -0.1) is 0 Å². The SMILES string of the molecule is COC(=O)CCc1ccc(OC(C)(C)C)cc1. The normalized spacial score (nSPS) is 11.1. The molecule has 1 aromatic rings. The number of carbonyl (C=O) groups excluding carboxylic acids is 1. The van der Waals surface area contributed by atoms with E-state index in [9.17, 15) is 4.79 Å². The van der Waals surface area contributed by atoms with Crippen molar-refractivity contribution >= 4 is 5.97 Å². The van der Waals surface area contributed by atoms with Crippen molar-refractivity contribution < 1.29 is 14.3 Å². The van der Waals surface area contributed by atoms with Crippen LogP contribution >= 0.6 is 0 Å². The van der Waals surface area contributed by atoms with Gasteiger partial charge in [-0.3, -0.25) is 4.79 Å². The minimum absolute atomic E-state index is 0.181. The molecule has 3 nitrogen and oxygen atoms in total. The molecule has 0 aliphatic rings. The summed E-state index contributed by atoms with van der Waals surface area (Å²) in [4.78, 5) is 11.0. The van der Waals surface area contributed by atoms with Crippen LogP contribution in [0, 0.1) is 0 Å². The molecule has 1 rings (SSSR count). The Morgan fingerprint density at radius 2 is 1.76 bits per heavy atom. The van der Waals surface area contributed by atoms with E-state index in [0.717, 1.165) is 11.3 Å². The summed E-state index contributed by atoms with van der Waals surface area (Å²) in [5.41, 5.74) is 0.921. The number of ether oxygens (including phenoxy) is 2. The summed E-state index contributed by atoms with van der Waals surface area (Å²) in [6.07, 6.45) is 1.11. The second-order valence-electron chi connectivity index (χ2n) is 4.93. The summed E-state index contributed by atoms with van der Waals surface area (Å²) in [5.74, 6) is 0.666. The molecule has 94 valence electrons. The van der Waals surface area contributed by atoms with Crippen LogP contribution in [0.4, 0.5) is 0 Å². The molecular formula is C14H20O3. The molecular weight excluding hydrogens is 216 g/mol. The topological polar surface area (TPSA) is 35.5 Å². The highest BCUT2D eigenvalue weighted by atomic mass is 16.5. The zero-order valence-corrected chi connectivity index (χ0v) is 10.9. The van der Waals surface area contributed by atoms with Gasteiger partial charge in [0, 0.05) is 6.42 Å². The van der Waals surface area contributed by atoms with Crippen LogP contribution in [0.1, 0.15) is 32.8 Å². The van der Waals surface area contributed by atoms with Crippen molar-refractivity contribution in [2.24, 2.45) is 0 Å². The van der Waals surface area contributed by atoms with Crippen LogP contribution < -0.4 is 4.74 Å². The maximum absolute atomic E-state index is 11.0. The average Bonchev–Trinajstić information content (AvgIpc) is 2.25. The number of aryl methyl sites for hydroxylation is 1. The molecule has 0 aliphatic carbocycles. The molecule has 0 saturated carbocycles. The molecule has 0 aliphatic heterocycles. The highest BCUT2D eigenvalue weighted by Gasteiger charge is 2.11. The smallest absolute Gasteiger partial charge is 0.305 e. The van der Waals surface area contributed by atoms with Gasteiger partial charge in [-0.2, -0.15) is 0 Å². The van der Waals surface area contributed by atoms with Gasteiger partial charge in [-0.1, -0.05) is 12.1 Å². The van der Waals surface area contributed by atoms with Crippen LogP contribution in [-0.2, 0) is 16.0 Å². The number of benzene rings is 1. The van der Waals surface area contributed by atoms with Crippen LogP contribution in [0.3, 0.4) is 0 Å². The first-order valence-electron chi connectivity index (χ1n) is 5.75. The van der Waals surface area contributed by atoms with Gasteiger partial charge in [0.1, 0.15) is 11.4 Å². The minimum Gasteiger partial charge on any atom is -0.488 e. The van der Waals surface area contributed by atoms with Gasteiger partial charge in [0.15, 0.2) is 0 Å². The van der Waals surface area contributed by atoms with Crippen molar-refractivity contribution in [1.82, 2.24) is 0 Å². The predicted molar refractivity (Wildman–Crippen MR) is 67.2 cm³/mol. The van der Waals surface area contributed by atoms with E-state index < -0.39 is 0 Å². The van der Waals surface area contributed by atoms with Crippen LogP contribution in [0.25, 0.3) is 0 Å². The Balaban J connectivity index is 2.53. The largest absolute Gasteiger partial charge is 0.488 e. The molecule has 0 amide bonds. The van der Waals surface area contributed by atoms with Crippen LogP contribution in [-0.4, -0.2) is 18.7 Å². The number of hydrogen-bond donors (Lipinski definition) is 0. The van der Waals surface area contributed by atoms with Crippen LogP contribution in [0.15, 0.2) is 24.3 Å². The Morgan fingerprint density at radius 3 is 2.24 bits per heavy atom. The van der Waals surface area contributed by atoms with Crippen molar-refractivity contribution in [3.05, 3.63) is 29.8 Å². The number of methoxy groups -OCH3 is 1. The molecule has 0 heterocycles. The van der Waals surface area contributed by atoms with Gasteiger partial charge in [0.2, 0.25) is 0 Å². The average molecular weight is 236 g/mol. The van der Waals surface area contributed by atoms with E-state index in [0.29, 0.717) is 12.8 Å². The molecule has 1 aromatic carbocycles. The monoisotopic (exact) mass is 236 g/mol. The first-order valence-corrected chi connectivity index (χ1v) is 5.75. The Kier molecular flexibility index (Phi) is 4.55. The molecule has 0 atom stereocenters. The molecule has 0 unspecified atom stereocenters. The van der Waals surface area contributed by atoms with Gasteiger partial charge >= 0.3 is 5.97 Å². The third kappa shape index (κ3) is 5.38. The molecule has 0 bridgehead atoms. The van der Waals surface area contributed by atoms with Crippen LogP contribution in [0.2, 0.25) is 0 Å². The van der Waals surface area contributed by atoms with E-state index >= 15 is 0 Å². The fraction of sp³-hybridized carbons (Fsp3) is 0.500. The quantitative estimate of drug-likeness (QED) is 0.754.